The van der Waals surface area contributed by atoms with Gasteiger partial charge in [0, 0.05) is 11.8 Å². The topological polar surface area (TPSA) is 67.8 Å². The van der Waals surface area contributed by atoms with Crippen molar-refractivity contribution in [1.82, 2.24) is 15.2 Å². The van der Waals surface area contributed by atoms with Gasteiger partial charge in [-0.25, -0.2) is 4.98 Å². The molecule has 0 saturated carbocycles. The molecule has 0 aliphatic carbocycles. The lowest BCUT2D eigenvalue weighted by Gasteiger charge is -1.95. The van der Waals surface area contributed by atoms with Crippen LogP contribution in [0.15, 0.2) is 10.9 Å². The van der Waals surface area contributed by atoms with Crippen LogP contribution in [0, 0.1) is 0 Å². The van der Waals surface area contributed by atoms with Crippen molar-refractivity contribution in [2.75, 3.05) is 5.32 Å². The maximum Gasteiger partial charge on any atom is 0.276 e. The number of unbranched alkanes of at least 4 members (excludes halogenated alkanes) is 2. The molecule has 2 aromatic heterocycles. The standard InChI is InChI=1S/C11H14N4OS2/c1-2-3-4-5-9-14-15-11(18-9)13-10(16)8-6-17-7-12-8/h6-7H,2-5H2,1H3,(H,13,15,16). The SMILES string of the molecule is CCCCCc1nnc(NC(=O)c2cscn2)s1. The number of hydrogen-bond acceptors (Lipinski definition) is 6. The Morgan fingerprint density at radius 3 is 3.00 bits per heavy atom. The zero-order valence-corrected chi connectivity index (χ0v) is 11.7. The molecule has 1 N–H and O–H groups in total. The molecule has 0 atom stereocenters. The number of nitrogens with one attached hydrogen (secondary N) is 1. The van der Waals surface area contributed by atoms with Gasteiger partial charge in [-0.05, 0) is 6.42 Å². The molecule has 2 aromatic rings. The lowest BCUT2D eigenvalue weighted by Crippen LogP contribution is -2.11. The van der Waals surface area contributed by atoms with Gasteiger partial charge in [0.1, 0.15) is 10.7 Å². The van der Waals surface area contributed by atoms with Crippen molar-refractivity contribution in [2.45, 2.75) is 32.6 Å². The molecule has 0 fully saturated rings. The van der Waals surface area contributed by atoms with Crippen molar-refractivity contribution in [3.05, 3.63) is 21.6 Å². The molecular formula is C11H14N4OS2. The summed E-state index contributed by atoms with van der Waals surface area (Å²) in [6.45, 7) is 2.17. The molecule has 0 bridgehead atoms. The number of nitrogens with zero attached hydrogens (tertiary/aromatic N) is 3. The number of aryl methyl sites for hydroxylation is 1. The van der Waals surface area contributed by atoms with E-state index >= 15 is 0 Å². The highest BCUT2D eigenvalue weighted by Gasteiger charge is 2.11. The molecule has 2 heterocycles. The lowest BCUT2D eigenvalue weighted by molar-refractivity contribution is 0.102. The van der Waals surface area contributed by atoms with Crippen LogP contribution in [0.5, 0.6) is 0 Å². The van der Waals surface area contributed by atoms with Crippen LogP contribution in [0.4, 0.5) is 5.13 Å². The maximum absolute atomic E-state index is 11.7. The van der Waals surface area contributed by atoms with E-state index in [-0.39, 0.29) is 5.91 Å². The molecule has 0 radical (unpaired) electrons. The van der Waals surface area contributed by atoms with Crippen LogP contribution in [-0.2, 0) is 6.42 Å². The summed E-state index contributed by atoms with van der Waals surface area (Å²) < 4.78 is 0. The molecule has 0 unspecified atom stereocenters. The van der Waals surface area contributed by atoms with Crippen LogP contribution >= 0.6 is 22.7 Å². The average Bonchev–Trinajstić information content (AvgIpc) is 3.00. The zero-order valence-electron chi connectivity index (χ0n) is 10.0. The minimum Gasteiger partial charge on any atom is -0.295 e. The summed E-state index contributed by atoms with van der Waals surface area (Å²) in [6.07, 6.45) is 4.43. The second-order valence-electron chi connectivity index (χ2n) is 3.79. The molecule has 0 aliphatic rings. The number of anilines is 1. The predicted octanol–water partition coefficient (Wildman–Crippen LogP) is 2.98. The third-order valence-corrected chi connectivity index (χ3v) is 3.83. The molecule has 2 rings (SSSR count). The summed E-state index contributed by atoms with van der Waals surface area (Å²) in [5.41, 5.74) is 2.05. The smallest absolute Gasteiger partial charge is 0.276 e. The van der Waals surface area contributed by atoms with Crippen molar-refractivity contribution >= 4 is 33.7 Å². The predicted molar refractivity (Wildman–Crippen MR) is 73.2 cm³/mol. The lowest BCUT2D eigenvalue weighted by atomic mass is 10.2. The number of carbonyl (C=O) groups excluding carboxylic acids is 1. The Morgan fingerprint density at radius 1 is 1.39 bits per heavy atom. The largest absolute Gasteiger partial charge is 0.295 e. The Hall–Kier alpha value is -1.34. The molecule has 18 heavy (non-hydrogen) atoms. The van der Waals surface area contributed by atoms with Crippen LogP contribution < -0.4 is 5.32 Å². The van der Waals surface area contributed by atoms with E-state index in [9.17, 15) is 4.79 Å². The van der Waals surface area contributed by atoms with Crippen LogP contribution in [0.2, 0.25) is 0 Å². The van der Waals surface area contributed by atoms with Gasteiger partial charge in [0.25, 0.3) is 5.91 Å². The molecule has 0 aromatic carbocycles. The number of amides is 1. The number of hydrogen-bond donors (Lipinski definition) is 1. The van der Waals surface area contributed by atoms with Crippen molar-refractivity contribution in [3.8, 4) is 0 Å². The highest BCUT2D eigenvalue weighted by Crippen LogP contribution is 2.18. The van der Waals surface area contributed by atoms with E-state index in [1.165, 1.54) is 35.5 Å². The Kier molecular flexibility index (Phi) is 4.77. The van der Waals surface area contributed by atoms with Gasteiger partial charge >= 0.3 is 0 Å². The summed E-state index contributed by atoms with van der Waals surface area (Å²) >= 11 is 2.82. The van der Waals surface area contributed by atoms with Crippen LogP contribution in [0.25, 0.3) is 0 Å². The molecule has 0 saturated heterocycles. The molecule has 96 valence electrons. The summed E-state index contributed by atoms with van der Waals surface area (Å²) in [5, 5.41) is 13.9. The van der Waals surface area contributed by atoms with Gasteiger partial charge < -0.3 is 0 Å². The third-order valence-electron chi connectivity index (χ3n) is 2.35. The van der Waals surface area contributed by atoms with Gasteiger partial charge in [0.15, 0.2) is 0 Å². The highest BCUT2D eigenvalue weighted by molar-refractivity contribution is 7.15. The minimum atomic E-state index is -0.229. The number of thiazole rings is 1. The molecular weight excluding hydrogens is 268 g/mol. The molecule has 5 nitrogen and oxygen atoms in total. The van der Waals surface area contributed by atoms with Crippen LogP contribution in [0.3, 0.4) is 0 Å². The van der Waals surface area contributed by atoms with Gasteiger partial charge in [-0.3, -0.25) is 10.1 Å². The maximum atomic E-state index is 11.7. The summed E-state index contributed by atoms with van der Waals surface area (Å²) in [7, 11) is 0. The van der Waals surface area contributed by atoms with Crippen molar-refractivity contribution in [3.63, 3.8) is 0 Å². The molecule has 0 spiro atoms. The molecule has 1 amide bonds. The van der Waals surface area contributed by atoms with E-state index < -0.39 is 0 Å². The van der Waals surface area contributed by atoms with E-state index in [1.54, 1.807) is 10.9 Å². The van der Waals surface area contributed by atoms with E-state index in [0.717, 1.165) is 17.8 Å². The van der Waals surface area contributed by atoms with Gasteiger partial charge in [-0.15, -0.1) is 21.5 Å². The first-order valence-electron chi connectivity index (χ1n) is 5.81. The fourth-order valence-electron chi connectivity index (χ4n) is 1.42. The van der Waals surface area contributed by atoms with Gasteiger partial charge in [0.05, 0.1) is 5.51 Å². The quantitative estimate of drug-likeness (QED) is 0.827. The van der Waals surface area contributed by atoms with Crippen LogP contribution in [-0.4, -0.2) is 21.1 Å². The zero-order chi connectivity index (χ0) is 12.8. The van der Waals surface area contributed by atoms with E-state index in [0.29, 0.717) is 10.8 Å². The average molecular weight is 282 g/mol. The first kappa shape index (κ1) is 13.1. The Balaban J connectivity index is 1.88. The monoisotopic (exact) mass is 282 g/mol. The van der Waals surface area contributed by atoms with Crippen molar-refractivity contribution in [2.24, 2.45) is 0 Å². The van der Waals surface area contributed by atoms with Gasteiger partial charge in [-0.1, -0.05) is 31.1 Å². The summed E-state index contributed by atoms with van der Waals surface area (Å²) in [4.78, 5) is 15.7. The van der Waals surface area contributed by atoms with Crippen LogP contribution in [0.1, 0.15) is 41.7 Å². The second kappa shape index (κ2) is 6.55. The van der Waals surface area contributed by atoms with E-state index in [2.05, 4.69) is 27.4 Å². The number of rotatable bonds is 6. The Bertz CT molecular complexity index is 495. The van der Waals surface area contributed by atoms with Gasteiger partial charge in [0.2, 0.25) is 5.13 Å². The third kappa shape index (κ3) is 3.58. The second-order valence-corrected chi connectivity index (χ2v) is 5.57. The molecule has 7 heteroatoms. The Labute approximate surface area is 113 Å². The number of aromatic nitrogens is 3. The first-order chi connectivity index (χ1) is 8.79. The number of carbonyl (C=O) groups is 1. The minimum absolute atomic E-state index is 0.229. The van der Waals surface area contributed by atoms with E-state index in [4.69, 9.17) is 0 Å². The fourth-order valence-corrected chi connectivity index (χ4v) is 2.73. The molecule has 0 aliphatic heterocycles. The first-order valence-corrected chi connectivity index (χ1v) is 7.57. The fraction of sp³-hybridized carbons (Fsp3) is 0.455. The normalized spacial score (nSPS) is 10.5. The van der Waals surface area contributed by atoms with Gasteiger partial charge in [-0.2, -0.15) is 0 Å². The highest BCUT2D eigenvalue weighted by atomic mass is 32.1. The summed E-state index contributed by atoms with van der Waals surface area (Å²) in [5.74, 6) is -0.229. The van der Waals surface area contributed by atoms with E-state index in [1.807, 2.05) is 0 Å². The van der Waals surface area contributed by atoms with Crippen molar-refractivity contribution in [1.29, 1.82) is 0 Å². The van der Waals surface area contributed by atoms with Crippen molar-refractivity contribution < 1.29 is 4.79 Å². The summed E-state index contributed by atoms with van der Waals surface area (Å²) in [6, 6.07) is 0. The Morgan fingerprint density at radius 2 is 2.28 bits per heavy atom.